The van der Waals surface area contributed by atoms with Gasteiger partial charge in [0.1, 0.15) is 0 Å². The minimum absolute atomic E-state index is 0.195. The molecule has 0 bridgehead atoms. The van der Waals surface area contributed by atoms with Gasteiger partial charge >= 0.3 is 0 Å². The predicted molar refractivity (Wildman–Crippen MR) is 52.7 cm³/mol. The van der Waals surface area contributed by atoms with Crippen LogP contribution in [0, 0.1) is 0 Å². The molecular formula is C9H18F2N2O2. The lowest BCUT2D eigenvalue weighted by Crippen LogP contribution is -2.41. The molecule has 4 nitrogen and oxygen atoms in total. The van der Waals surface area contributed by atoms with Gasteiger partial charge in [0.2, 0.25) is 5.91 Å². The fraction of sp³-hybridized carbons (Fsp3) is 0.889. The molecule has 0 heterocycles. The van der Waals surface area contributed by atoms with Crippen LogP contribution in [0.1, 0.15) is 19.8 Å². The molecule has 15 heavy (non-hydrogen) atoms. The van der Waals surface area contributed by atoms with Crippen LogP contribution < -0.4 is 11.1 Å². The molecule has 6 heteroatoms. The molecule has 0 aromatic rings. The van der Waals surface area contributed by atoms with Gasteiger partial charge in [-0.3, -0.25) is 4.79 Å². The van der Waals surface area contributed by atoms with Gasteiger partial charge in [-0.25, -0.2) is 8.78 Å². The van der Waals surface area contributed by atoms with Gasteiger partial charge in [0, 0.05) is 19.6 Å². The van der Waals surface area contributed by atoms with Gasteiger partial charge in [-0.2, -0.15) is 0 Å². The van der Waals surface area contributed by atoms with E-state index in [1.54, 1.807) is 0 Å². The first kappa shape index (κ1) is 14.2. The van der Waals surface area contributed by atoms with Crippen molar-refractivity contribution in [1.82, 2.24) is 5.32 Å². The molecule has 0 aromatic carbocycles. The maximum atomic E-state index is 12.6. The second-order valence-corrected chi connectivity index (χ2v) is 3.14. The third-order valence-corrected chi connectivity index (χ3v) is 1.74. The van der Waals surface area contributed by atoms with E-state index in [4.69, 9.17) is 10.5 Å². The van der Waals surface area contributed by atoms with Crippen molar-refractivity contribution in [1.29, 1.82) is 0 Å². The number of amides is 1. The summed E-state index contributed by atoms with van der Waals surface area (Å²) in [6.07, 6.45) is 0.731. The molecular weight excluding hydrogens is 206 g/mol. The van der Waals surface area contributed by atoms with Crippen molar-refractivity contribution in [3.05, 3.63) is 0 Å². The van der Waals surface area contributed by atoms with E-state index in [1.807, 2.05) is 6.92 Å². The normalized spacial score (nSPS) is 11.5. The Bertz CT molecular complexity index is 189. The maximum absolute atomic E-state index is 12.6. The van der Waals surface area contributed by atoms with Gasteiger partial charge in [0.15, 0.2) is 0 Å². The summed E-state index contributed by atoms with van der Waals surface area (Å²) in [7, 11) is 0. The Morgan fingerprint density at radius 2 is 2.20 bits per heavy atom. The summed E-state index contributed by atoms with van der Waals surface area (Å²) in [6.45, 7) is 1.45. The monoisotopic (exact) mass is 224 g/mol. The summed E-state index contributed by atoms with van der Waals surface area (Å²) >= 11 is 0. The Kier molecular flexibility index (Phi) is 7.15. The van der Waals surface area contributed by atoms with Crippen molar-refractivity contribution in [3.63, 3.8) is 0 Å². The molecule has 0 aliphatic rings. The van der Waals surface area contributed by atoms with Gasteiger partial charge in [-0.05, 0) is 13.3 Å². The molecule has 0 spiro atoms. The van der Waals surface area contributed by atoms with Gasteiger partial charge in [-0.15, -0.1) is 0 Å². The van der Waals surface area contributed by atoms with Crippen LogP contribution >= 0.6 is 0 Å². The Hall–Kier alpha value is -0.750. The van der Waals surface area contributed by atoms with E-state index in [2.05, 4.69) is 5.32 Å². The number of alkyl halides is 2. The first-order valence-electron chi connectivity index (χ1n) is 4.94. The summed E-state index contributed by atoms with van der Waals surface area (Å²) in [6, 6.07) is 0. The van der Waals surface area contributed by atoms with Crippen molar-refractivity contribution in [2.45, 2.75) is 25.7 Å². The Morgan fingerprint density at radius 1 is 1.53 bits per heavy atom. The van der Waals surface area contributed by atoms with Crippen molar-refractivity contribution in [2.75, 3.05) is 26.3 Å². The third-order valence-electron chi connectivity index (χ3n) is 1.74. The molecule has 1 amide bonds. The van der Waals surface area contributed by atoms with Gasteiger partial charge in [0.25, 0.3) is 5.92 Å². The fourth-order valence-corrected chi connectivity index (χ4v) is 0.868. The maximum Gasteiger partial charge on any atom is 0.277 e. The summed E-state index contributed by atoms with van der Waals surface area (Å²) in [5.41, 5.74) is 4.81. The summed E-state index contributed by atoms with van der Waals surface area (Å²) in [5, 5.41) is 2.13. The van der Waals surface area contributed by atoms with E-state index in [1.165, 1.54) is 0 Å². The summed E-state index contributed by atoms with van der Waals surface area (Å²) in [5.74, 6) is -3.42. The number of hydrogen-bond donors (Lipinski definition) is 2. The van der Waals surface area contributed by atoms with Crippen molar-refractivity contribution in [2.24, 2.45) is 5.73 Å². The van der Waals surface area contributed by atoms with Crippen LogP contribution in [0.25, 0.3) is 0 Å². The van der Waals surface area contributed by atoms with Crippen LogP contribution in [0.5, 0.6) is 0 Å². The van der Waals surface area contributed by atoms with Gasteiger partial charge in [0.05, 0.1) is 13.1 Å². The van der Waals surface area contributed by atoms with Crippen LogP contribution in [0.2, 0.25) is 0 Å². The highest BCUT2D eigenvalue weighted by Crippen LogP contribution is 2.08. The zero-order valence-corrected chi connectivity index (χ0v) is 8.89. The van der Waals surface area contributed by atoms with Crippen molar-refractivity contribution < 1.29 is 18.3 Å². The third kappa shape index (κ3) is 8.26. The number of carbonyl (C=O) groups is 1. The molecule has 0 saturated heterocycles. The van der Waals surface area contributed by atoms with E-state index in [0.29, 0.717) is 19.6 Å². The van der Waals surface area contributed by atoms with E-state index >= 15 is 0 Å². The number of ether oxygens (including phenoxy) is 1. The average molecular weight is 224 g/mol. The van der Waals surface area contributed by atoms with Crippen LogP contribution in [-0.4, -0.2) is 38.1 Å². The van der Waals surface area contributed by atoms with Gasteiger partial charge < -0.3 is 15.8 Å². The molecule has 0 unspecified atom stereocenters. The minimum atomic E-state index is -3.02. The number of halogens is 2. The standard InChI is InChI=1S/C9H18F2N2O2/c1-2-15-5-3-4-8(14)13-7-9(10,11)6-12/h2-7,12H2,1H3,(H,13,14). The molecule has 0 atom stereocenters. The second-order valence-electron chi connectivity index (χ2n) is 3.14. The van der Waals surface area contributed by atoms with Crippen LogP contribution in [0.3, 0.4) is 0 Å². The summed E-state index contributed by atoms with van der Waals surface area (Å²) in [4.78, 5) is 11.0. The van der Waals surface area contributed by atoms with E-state index in [0.717, 1.165) is 0 Å². The van der Waals surface area contributed by atoms with Crippen LogP contribution in [0.15, 0.2) is 0 Å². The molecule has 3 N–H and O–H groups in total. The fourth-order valence-electron chi connectivity index (χ4n) is 0.868. The Morgan fingerprint density at radius 3 is 2.73 bits per heavy atom. The quantitative estimate of drug-likeness (QED) is 0.590. The first-order chi connectivity index (χ1) is 7.02. The molecule has 0 fully saturated rings. The molecule has 0 aliphatic carbocycles. The van der Waals surface area contributed by atoms with E-state index < -0.39 is 24.9 Å². The smallest absolute Gasteiger partial charge is 0.277 e. The number of hydrogen-bond acceptors (Lipinski definition) is 3. The largest absolute Gasteiger partial charge is 0.382 e. The lowest BCUT2D eigenvalue weighted by molar-refractivity contribution is -0.123. The highest BCUT2D eigenvalue weighted by Gasteiger charge is 2.26. The van der Waals surface area contributed by atoms with Crippen LogP contribution in [0.4, 0.5) is 8.78 Å². The SMILES string of the molecule is CCOCCCC(=O)NCC(F)(F)CN. The number of rotatable bonds is 8. The van der Waals surface area contributed by atoms with Crippen molar-refractivity contribution >= 4 is 5.91 Å². The van der Waals surface area contributed by atoms with Crippen LogP contribution in [-0.2, 0) is 9.53 Å². The average Bonchev–Trinajstić information content (AvgIpc) is 2.22. The topological polar surface area (TPSA) is 64.3 Å². The predicted octanol–water partition coefficient (Wildman–Crippen LogP) is 0.513. The highest BCUT2D eigenvalue weighted by atomic mass is 19.3. The van der Waals surface area contributed by atoms with Crippen molar-refractivity contribution in [3.8, 4) is 0 Å². The molecule has 0 rings (SSSR count). The number of carbonyl (C=O) groups excluding carboxylic acids is 1. The minimum Gasteiger partial charge on any atom is -0.382 e. The first-order valence-corrected chi connectivity index (χ1v) is 4.94. The van der Waals surface area contributed by atoms with Gasteiger partial charge in [-0.1, -0.05) is 0 Å². The Balaban J connectivity index is 3.49. The molecule has 0 radical (unpaired) electrons. The highest BCUT2D eigenvalue weighted by molar-refractivity contribution is 5.75. The Labute approximate surface area is 88.2 Å². The lowest BCUT2D eigenvalue weighted by atomic mass is 10.3. The lowest BCUT2D eigenvalue weighted by Gasteiger charge is -2.14. The van der Waals surface area contributed by atoms with E-state index in [-0.39, 0.29) is 6.42 Å². The zero-order valence-electron chi connectivity index (χ0n) is 8.89. The second kappa shape index (κ2) is 7.53. The zero-order chi connectivity index (χ0) is 11.7. The molecule has 0 aromatic heterocycles. The number of nitrogens with two attached hydrogens (primary N) is 1. The molecule has 0 saturated carbocycles. The van der Waals surface area contributed by atoms with E-state index in [9.17, 15) is 13.6 Å². The molecule has 90 valence electrons. The summed E-state index contributed by atoms with van der Waals surface area (Å²) < 4.78 is 30.2. The number of nitrogens with one attached hydrogen (secondary N) is 1. The molecule has 0 aliphatic heterocycles.